The summed E-state index contributed by atoms with van der Waals surface area (Å²) in [5, 5.41) is 6.65. The Bertz CT molecular complexity index is 1950. The van der Waals surface area contributed by atoms with Crippen molar-refractivity contribution in [2.24, 2.45) is 0 Å². The summed E-state index contributed by atoms with van der Waals surface area (Å²) >= 11 is 7.62. The third-order valence-corrected chi connectivity index (χ3v) is 15.8. The molecule has 2 aliphatic rings. The van der Waals surface area contributed by atoms with Crippen LogP contribution in [0.15, 0.2) is 78.9 Å². The molecule has 0 spiro atoms. The van der Waals surface area contributed by atoms with Gasteiger partial charge in [-0.05, 0) is 112 Å². The van der Waals surface area contributed by atoms with Gasteiger partial charge in [-0.25, -0.2) is 4.79 Å². The molecule has 3 aromatic rings. The Kier molecular flexibility index (Phi) is 25.2. The minimum atomic E-state index is -3.01. The van der Waals surface area contributed by atoms with Gasteiger partial charge in [0, 0.05) is 30.6 Å². The summed E-state index contributed by atoms with van der Waals surface area (Å²) in [6.45, 7) is 11.2. The minimum absolute atomic E-state index is 0.0291. The summed E-state index contributed by atoms with van der Waals surface area (Å²) in [4.78, 5) is 29.5. The maximum Gasteiger partial charge on any atom is 0.327 e. The molecule has 15 nitrogen and oxygen atoms in total. The largest absolute Gasteiger partial charge is 0.497 e. The normalized spacial score (nSPS) is 17.8. The lowest BCUT2D eigenvalue weighted by molar-refractivity contribution is -0.121. The molecule has 2 saturated heterocycles. The second-order valence-electron chi connectivity index (χ2n) is 18.0. The molecule has 2 N–H and O–H groups in total. The number of ether oxygens (including phenoxy) is 7. The summed E-state index contributed by atoms with van der Waals surface area (Å²) in [5.74, 6) is 2.27. The zero-order valence-corrected chi connectivity index (χ0v) is 44.7. The molecule has 4 atom stereocenters. The number of rotatable bonds is 36. The first-order valence-electron chi connectivity index (χ1n) is 24.8. The van der Waals surface area contributed by atoms with Gasteiger partial charge in [0.25, 0.3) is 0 Å². The van der Waals surface area contributed by atoms with Gasteiger partial charge in [-0.3, -0.25) is 4.79 Å². The predicted molar refractivity (Wildman–Crippen MR) is 279 cm³/mol. The van der Waals surface area contributed by atoms with Crippen LogP contribution in [0, 0.1) is 0 Å². The number of hydrogen-bond donors (Lipinski definition) is 2. The molecule has 0 saturated carbocycles. The Hall–Kier alpha value is -3.32. The van der Waals surface area contributed by atoms with Crippen molar-refractivity contribution in [1.29, 1.82) is 0 Å². The molecule has 70 heavy (non-hydrogen) atoms. The predicted octanol–water partition coefficient (Wildman–Crippen LogP) is 8.90. The highest BCUT2D eigenvalue weighted by atomic mass is 32.5. The van der Waals surface area contributed by atoms with E-state index in [4.69, 9.17) is 58.5 Å². The number of hydrogen-bond acceptors (Lipinski definition) is 14. The van der Waals surface area contributed by atoms with Gasteiger partial charge in [0.15, 0.2) is 0 Å². The van der Waals surface area contributed by atoms with Gasteiger partial charge >= 0.3 is 12.7 Å². The van der Waals surface area contributed by atoms with E-state index in [1.54, 1.807) is 14.2 Å². The van der Waals surface area contributed by atoms with Crippen LogP contribution in [0.1, 0.15) is 89.3 Å². The number of benzene rings is 3. The average molecular weight is 1030 g/mol. The van der Waals surface area contributed by atoms with E-state index in [0.717, 1.165) is 79.1 Å². The van der Waals surface area contributed by atoms with Gasteiger partial charge < -0.3 is 62.3 Å². The quantitative estimate of drug-likeness (QED) is 0.0247. The molecule has 390 valence electrons. The van der Waals surface area contributed by atoms with E-state index in [1.807, 2.05) is 75.0 Å². The molecule has 2 heterocycles. The van der Waals surface area contributed by atoms with Gasteiger partial charge in [-0.2, -0.15) is 11.8 Å². The lowest BCUT2D eigenvalue weighted by Crippen LogP contribution is -2.53. The van der Waals surface area contributed by atoms with Crippen LogP contribution in [0.3, 0.4) is 0 Å². The number of carbonyl (C=O) groups excluding carboxylic acids is 2. The van der Waals surface area contributed by atoms with Gasteiger partial charge in [0.1, 0.15) is 17.0 Å². The Morgan fingerprint density at radius 3 is 1.74 bits per heavy atom. The van der Waals surface area contributed by atoms with Gasteiger partial charge in [-0.1, -0.05) is 61.5 Å². The second kappa shape index (κ2) is 30.7. The van der Waals surface area contributed by atoms with Crippen molar-refractivity contribution in [2.75, 3.05) is 106 Å². The Morgan fingerprint density at radius 2 is 1.21 bits per heavy atom. The van der Waals surface area contributed by atoms with Crippen molar-refractivity contribution in [3.8, 4) is 11.5 Å². The summed E-state index contributed by atoms with van der Waals surface area (Å²) in [7, 11) is 3.30. The number of thioether (sulfide) groups is 1. The first-order valence-corrected chi connectivity index (χ1v) is 28.4. The van der Waals surface area contributed by atoms with Crippen molar-refractivity contribution >= 4 is 42.2 Å². The van der Waals surface area contributed by atoms with E-state index in [0.29, 0.717) is 79.0 Å². The number of nitrogens with one attached hydrogen (secondary N) is 2. The minimum Gasteiger partial charge on any atom is -0.497 e. The number of urea groups is 1. The summed E-state index contributed by atoms with van der Waals surface area (Å²) in [5.41, 5.74) is 1.40. The Morgan fingerprint density at radius 1 is 0.700 bits per heavy atom. The van der Waals surface area contributed by atoms with Crippen LogP contribution in [0.5, 0.6) is 11.5 Å². The fraction of sp³-hybridized carbons (Fsp3) is 0.615. The molecule has 4 unspecified atom stereocenters. The van der Waals surface area contributed by atoms with E-state index >= 15 is 0 Å². The first-order chi connectivity index (χ1) is 33.9. The number of fused-ring (bicyclic) bond motifs is 1. The maximum atomic E-state index is 14.4. The second-order valence-corrected chi connectivity index (χ2v) is 22.2. The van der Waals surface area contributed by atoms with Crippen LogP contribution in [0.4, 0.5) is 4.79 Å². The molecule has 3 aromatic carbocycles. The molecule has 2 fully saturated rings. The summed E-state index contributed by atoms with van der Waals surface area (Å²) in [6, 6.07) is 25.9. The summed E-state index contributed by atoms with van der Waals surface area (Å²) < 4.78 is 56.8. The maximum absolute atomic E-state index is 14.4. The van der Waals surface area contributed by atoms with Gasteiger partial charge in [0.2, 0.25) is 5.91 Å². The van der Waals surface area contributed by atoms with Crippen molar-refractivity contribution in [2.45, 2.75) is 101 Å². The van der Waals surface area contributed by atoms with E-state index in [9.17, 15) is 9.59 Å². The SMILES string of the molecule is CCCOCCOCCOCCOCCOCCOP(=S)(OCCCCCNC(=O)CCCC1SCC2C1NC(=O)N2C(c1ccccc1)(c1ccc(OC)cc1)c1ccc(OC)cc1)OC(C)(C)C. The standard InChI is InChI=1S/C52H78N3O12PS2/c1-7-28-60-30-31-61-32-33-62-34-35-63-36-37-64-38-39-66-68(69,67-51(2,3)4)65-29-13-9-12-27-53-48(56)18-14-17-47-49-46(40-70-47)55(50(57)54-49)52(41-15-10-8-11-16-41,42-19-23-44(58-5)24-20-42)43-21-25-45(59-6)26-22-43/h8,10-11,15-16,19-26,46-47,49H,7,9,12-14,17-18,27-40H2,1-6H3,(H,53,56)(H,54,57). The molecular weight excluding hydrogens is 954 g/mol. The Labute approximate surface area is 426 Å². The van der Waals surface area contributed by atoms with E-state index in [2.05, 4.69) is 58.9 Å². The molecule has 5 rings (SSSR count). The third kappa shape index (κ3) is 18.0. The number of amides is 3. The van der Waals surface area contributed by atoms with Crippen LogP contribution in [0.25, 0.3) is 0 Å². The lowest BCUT2D eigenvalue weighted by Gasteiger charge is -2.45. The van der Waals surface area contributed by atoms with Crippen molar-refractivity contribution in [3.05, 3.63) is 95.6 Å². The van der Waals surface area contributed by atoms with Gasteiger partial charge in [-0.15, -0.1) is 0 Å². The Balaban J connectivity index is 0.992. The van der Waals surface area contributed by atoms with Crippen molar-refractivity contribution < 1.29 is 56.3 Å². The van der Waals surface area contributed by atoms with E-state index in [-0.39, 0.29) is 35.9 Å². The van der Waals surface area contributed by atoms with E-state index < -0.39 is 17.9 Å². The smallest absolute Gasteiger partial charge is 0.327 e. The zero-order valence-electron chi connectivity index (χ0n) is 42.2. The van der Waals surface area contributed by atoms with E-state index in [1.165, 1.54) is 0 Å². The van der Waals surface area contributed by atoms with Crippen molar-refractivity contribution in [3.63, 3.8) is 0 Å². The molecule has 0 aliphatic carbocycles. The topological polar surface area (TPSA) is 154 Å². The highest BCUT2D eigenvalue weighted by Gasteiger charge is 2.57. The number of carbonyl (C=O) groups is 2. The van der Waals surface area contributed by atoms with Crippen LogP contribution in [-0.4, -0.2) is 146 Å². The fourth-order valence-electron chi connectivity index (χ4n) is 8.51. The highest BCUT2D eigenvalue weighted by molar-refractivity contribution is 8.07. The zero-order chi connectivity index (χ0) is 50.1. The number of methoxy groups -OCH3 is 2. The highest BCUT2D eigenvalue weighted by Crippen LogP contribution is 2.53. The average Bonchev–Trinajstić information content (AvgIpc) is 3.90. The molecule has 0 radical (unpaired) electrons. The lowest BCUT2D eigenvalue weighted by atomic mass is 9.74. The van der Waals surface area contributed by atoms with Gasteiger partial charge in [0.05, 0.1) is 105 Å². The molecular formula is C52H78N3O12PS2. The summed E-state index contributed by atoms with van der Waals surface area (Å²) in [6.07, 6.45) is 5.35. The van der Waals surface area contributed by atoms with Crippen molar-refractivity contribution in [1.82, 2.24) is 15.5 Å². The number of nitrogens with zero attached hydrogens (tertiary/aromatic N) is 1. The molecule has 3 amide bonds. The molecule has 0 bridgehead atoms. The third-order valence-electron chi connectivity index (χ3n) is 11.7. The first kappa shape index (κ1) is 57.6. The van der Waals surface area contributed by atoms with Crippen LogP contribution >= 0.6 is 18.5 Å². The molecule has 2 aliphatic heterocycles. The van der Waals surface area contributed by atoms with Crippen LogP contribution in [0.2, 0.25) is 0 Å². The monoisotopic (exact) mass is 1030 g/mol. The number of unbranched alkanes of at least 4 members (excludes halogenated alkanes) is 2. The molecule has 18 heteroatoms. The van der Waals surface area contributed by atoms with Crippen LogP contribution < -0.4 is 20.1 Å². The molecule has 0 aromatic heterocycles. The van der Waals surface area contributed by atoms with Crippen LogP contribution in [-0.2, 0) is 59.4 Å². The fourth-order valence-corrected chi connectivity index (χ4v) is 12.7.